The number of carbonyl (C=O) groups excluding carboxylic acids is 1. The molecule has 0 atom stereocenters. The van der Waals surface area contributed by atoms with Crippen molar-refractivity contribution in [2.45, 2.75) is 34.6 Å². The summed E-state index contributed by atoms with van der Waals surface area (Å²) in [6.45, 7) is 9.27. The minimum atomic E-state index is -0.509. The number of carbonyl (C=O) groups is 1. The molecule has 1 aromatic rings. The summed E-state index contributed by atoms with van der Waals surface area (Å²) in [5, 5.41) is 15.6. The third-order valence-electron chi connectivity index (χ3n) is 2.63. The van der Waals surface area contributed by atoms with E-state index in [-0.39, 0.29) is 11.0 Å². The largest absolute Gasteiger partial charge is 0.323 e. The molecule has 0 aliphatic heterocycles. The molecule has 0 fully saturated rings. The van der Waals surface area contributed by atoms with Gasteiger partial charge in [0.15, 0.2) is 5.11 Å². The maximum atomic E-state index is 11.8. The van der Waals surface area contributed by atoms with Crippen LogP contribution in [-0.4, -0.2) is 11.0 Å². The van der Waals surface area contributed by atoms with E-state index < -0.39 is 5.41 Å². The van der Waals surface area contributed by atoms with Gasteiger partial charge in [-0.05, 0) is 31.6 Å². The molecule has 102 valence electrons. The number of nitriles is 1. The monoisotopic (exact) mass is 295 g/mol. The number of thiocarbonyl (C=S) groups is 1. The van der Waals surface area contributed by atoms with Crippen LogP contribution in [0.25, 0.3) is 0 Å². The number of nitrogens with one attached hydrogen (secondary N) is 2. The van der Waals surface area contributed by atoms with E-state index in [2.05, 4.69) is 16.7 Å². The molecule has 1 heterocycles. The molecule has 1 rings (SSSR count). The number of hydrogen-bond acceptors (Lipinski definition) is 4. The highest BCUT2D eigenvalue weighted by Gasteiger charge is 2.22. The quantitative estimate of drug-likeness (QED) is 0.781. The van der Waals surface area contributed by atoms with Crippen LogP contribution in [0.4, 0.5) is 5.00 Å². The fraction of sp³-hybridized carbons (Fsp3) is 0.462. The predicted molar refractivity (Wildman–Crippen MR) is 82.3 cm³/mol. The standard InChI is InChI=1S/C13H17N3OS2/c1-7-8(2)19-10(9(7)6-14)15-12(18)16-11(17)13(3,4)5/h1-5H3,(H2,15,16,17,18). The third-order valence-corrected chi connectivity index (χ3v) is 3.96. The molecule has 1 aromatic heterocycles. The van der Waals surface area contributed by atoms with Crippen LogP contribution in [0.1, 0.15) is 36.8 Å². The van der Waals surface area contributed by atoms with Gasteiger partial charge in [0, 0.05) is 10.3 Å². The van der Waals surface area contributed by atoms with Crippen molar-refractivity contribution >= 4 is 39.6 Å². The number of rotatable bonds is 1. The molecule has 0 saturated carbocycles. The Hall–Kier alpha value is -1.45. The Kier molecular flexibility index (Phi) is 4.66. The number of thiophene rings is 1. The zero-order valence-electron chi connectivity index (χ0n) is 11.7. The van der Waals surface area contributed by atoms with E-state index in [0.29, 0.717) is 10.6 Å². The molecule has 4 nitrogen and oxygen atoms in total. The second kappa shape index (κ2) is 5.68. The molecule has 6 heteroatoms. The van der Waals surface area contributed by atoms with Gasteiger partial charge in [0.1, 0.15) is 11.1 Å². The normalized spacial score (nSPS) is 10.7. The molecule has 19 heavy (non-hydrogen) atoms. The molecule has 0 unspecified atom stereocenters. The third kappa shape index (κ3) is 3.75. The molecule has 0 saturated heterocycles. The van der Waals surface area contributed by atoms with Crippen LogP contribution in [-0.2, 0) is 4.79 Å². The van der Waals surface area contributed by atoms with Gasteiger partial charge in [0.25, 0.3) is 0 Å². The zero-order chi connectivity index (χ0) is 14.8. The number of hydrogen-bond donors (Lipinski definition) is 2. The van der Waals surface area contributed by atoms with Crippen molar-refractivity contribution < 1.29 is 4.79 Å². The van der Waals surface area contributed by atoms with E-state index >= 15 is 0 Å². The molecule has 0 aliphatic rings. The van der Waals surface area contributed by atoms with E-state index in [4.69, 9.17) is 17.5 Å². The maximum Gasteiger partial charge on any atom is 0.231 e. The van der Waals surface area contributed by atoms with E-state index in [1.807, 2.05) is 34.6 Å². The van der Waals surface area contributed by atoms with Crippen molar-refractivity contribution in [1.29, 1.82) is 5.26 Å². The molecule has 0 aliphatic carbocycles. The minimum Gasteiger partial charge on any atom is -0.323 e. The lowest BCUT2D eigenvalue weighted by Gasteiger charge is -2.18. The summed E-state index contributed by atoms with van der Waals surface area (Å²) >= 11 is 6.55. The number of aryl methyl sites for hydroxylation is 1. The molecule has 0 bridgehead atoms. The predicted octanol–water partition coefficient (Wildman–Crippen LogP) is 3.10. The van der Waals surface area contributed by atoms with Crippen LogP contribution in [0, 0.1) is 30.6 Å². The maximum absolute atomic E-state index is 11.8. The zero-order valence-corrected chi connectivity index (χ0v) is 13.3. The molecule has 1 amide bonds. The number of amides is 1. The second-order valence-corrected chi connectivity index (χ2v) is 6.89. The summed E-state index contributed by atoms with van der Waals surface area (Å²) in [7, 11) is 0. The van der Waals surface area contributed by atoms with E-state index in [1.165, 1.54) is 11.3 Å². The number of anilines is 1. The first-order chi connectivity index (χ1) is 8.66. The molecular formula is C13H17N3OS2. The Morgan fingerprint density at radius 3 is 2.42 bits per heavy atom. The Bertz CT molecular complexity index is 562. The lowest BCUT2D eigenvalue weighted by atomic mass is 9.96. The molecular weight excluding hydrogens is 278 g/mol. The van der Waals surface area contributed by atoms with Crippen LogP contribution >= 0.6 is 23.6 Å². The first kappa shape index (κ1) is 15.6. The smallest absolute Gasteiger partial charge is 0.231 e. The lowest BCUT2D eigenvalue weighted by Crippen LogP contribution is -2.41. The Balaban J connectivity index is 2.82. The van der Waals surface area contributed by atoms with Crippen molar-refractivity contribution in [3.05, 3.63) is 16.0 Å². The second-order valence-electron chi connectivity index (χ2n) is 5.26. The number of nitrogens with zero attached hydrogens (tertiary/aromatic N) is 1. The Morgan fingerprint density at radius 2 is 1.95 bits per heavy atom. The van der Waals surface area contributed by atoms with Crippen LogP contribution in [0.2, 0.25) is 0 Å². The molecule has 0 spiro atoms. The summed E-state index contributed by atoms with van der Waals surface area (Å²) in [6.07, 6.45) is 0. The summed E-state index contributed by atoms with van der Waals surface area (Å²) in [5.41, 5.74) is 1.01. The van der Waals surface area contributed by atoms with Gasteiger partial charge in [-0.15, -0.1) is 11.3 Å². The van der Waals surface area contributed by atoms with Crippen molar-refractivity contribution in [3.63, 3.8) is 0 Å². The highest BCUT2D eigenvalue weighted by Crippen LogP contribution is 2.31. The van der Waals surface area contributed by atoms with Crippen molar-refractivity contribution in [2.75, 3.05) is 5.32 Å². The molecule has 2 N–H and O–H groups in total. The minimum absolute atomic E-state index is 0.159. The van der Waals surface area contributed by atoms with E-state index in [1.54, 1.807) is 0 Å². The van der Waals surface area contributed by atoms with Crippen molar-refractivity contribution in [3.8, 4) is 6.07 Å². The fourth-order valence-corrected chi connectivity index (χ4v) is 2.55. The highest BCUT2D eigenvalue weighted by molar-refractivity contribution is 7.80. The summed E-state index contributed by atoms with van der Waals surface area (Å²) in [6, 6.07) is 2.15. The van der Waals surface area contributed by atoms with Gasteiger partial charge in [-0.1, -0.05) is 20.8 Å². The Labute approximate surface area is 122 Å². The topological polar surface area (TPSA) is 64.9 Å². The fourth-order valence-electron chi connectivity index (χ4n) is 1.27. The first-order valence-electron chi connectivity index (χ1n) is 5.79. The van der Waals surface area contributed by atoms with Gasteiger partial charge in [-0.25, -0.2) is 0 Å². The van der Waals surface area contributed by atoms with E-state index in [0.717, 1.165) is 10.4 Å². The average molecular weight is 295 g/mol. The van der Waals surface area contributed by atoms with Gasteiger partial charge >= 0.3 is 0 Å². The highest BCUT2D eigenvalue weighted by atomic mass is 32.1. The first-order valence-corrected chi connectivity index (χ1v) is 7.01. The van der Waals surface area contributed by atoms with Crippen LogP contribution in [0.3, 0.4) is 0 Å². The van der Waals surface area contributed by atoms with Crippen LogP contribution in [0.15, 0.2) is 0 Å². The van der Waals surface area contributed by atoms with Crippen LogP contribution < -0.4 is 10.6 Å². The van der Waals surface area contributed by atoms with Gasteiger partial charge in [0.2, 0.25) is 5.91 Å². The lowest BCUT2D eigenvalue weighted by molar-refractivity contribution is -0.126. The average Bonchev–Trinajstić information content (AvgIpc) is 2.52. The Morgan fingerprint density at radius 1 is 1.37 bits per heavy atom. The molecule has 0 radical (unpaired) electrons. The van der Waals surface area contributed by atoms with Crippen molar-refractivity contribution in [2.24, 2.45) is 5.41 Å². The van der Waals surface area contributed by atoms with Gasteiger partial charge in [-0.2, -0.15) is 5.26 Å². The van der Waals surface area contributed by atoms with Gasteiger partial charge in [-0.3, -0.25) is 4.79 Å². The van der Waals surface area contributed by atoms with Gasteiger partial charge in [0.05, 0.1) is 5.56 Å². The van der Waals surface area contributed by atoms with Gasteiger partial charge < -0.3 is 10.6 Å². The summed E-state index contributed by atoms with van der Waals surface area (Å²) in [4.78, 5) is 12.9. The molecule has 0 aromatic carbocycles. The van der Waals surface area contributed by atoms with E-state index in [9.17, 15) is 4.79 Å². The van der Waals surface area contributed by atoms with Crippen LogP contribution in [0.5, 0.6) is 0 Å². The SMILES string of the molecule is Cc1sc(NC(=S)NC(=O)C(C)(C)C)c(C#N)c1C. The summed E-state index contributed by atoms with van der Waals surface area (Å²) < 4.78 is 0. The summed E-state index contributed by atoms with van der Waals surface area (Å²) in [5.74, 6) is -0.159. The van der Waals surface area contributed by atoms with Crippen molar-refractivity contribution in [1.82, 2.24) is 5.32 Å².